The van der Waals surface area contributed by atoms with Gasteiger partial charge in [-0.05, 0) is 18.8 Å². The van der Waals surface area contributed by atoms with Crippen LogP contribution in [0.4, 0.5) is 0 Å². The van der Waals surface area contributed by atoms with Crippen molar-refractivity contribution < 1.29 is 9.47 Å². The van der Waals surface area contributed by atoms with E-state index in [1.165, 1.54) is 6.42 Å². The van der Waals surface area contributed by atoms with Gasteiger partial charge in [-0.1, -0.05) is 6.92 Å². The lowest BCUT2D eigenvalue weighted by molar-refractivity contribution is 0.0698. The number of aliphatic imine (C=N–C) groups is 1. The van der Waals surface area contributed by atoms with Gasteiger partial charge in [0, 0.05) is 33.4 Å². The third-order valence-corrected chi connectivity index (χ3v) is 2.84. The van der Waals surface area contributed by atoms with E-state index in [1.54, 1.807) is 14.2 Å². The van der Waals surface area contributed by atoms with Crippen LogP contribution < -0.4 is 10.6 Å². The molecule has 2 atom stereocenters. The molecule has 2 unspecified atom stereocenters. The second-order valence-corrected chi connectivity index (χ2v) is 4.42. The first-order valence-corrected chi connectivity index (χ1v) is 6.31. The van der Waals surface area contributed by atoms with E-state index >= 15 is 0 Å². The molecule has 1 saturated carbocycles. The number of nitrogens with zero attached hydrogens (tertiary/aromatic N) is 1. The Bertz CT molecular complexity index is 234. The van der Waals surface area contributed by atoms with E-state index in [1.807, 2.05) is 0 Å². The molecule has 0 aromatic carbocycles. The van der Waals surface area contributed by atoms with Gasteiger partial charge in [-0.3, -0.25) is 4.99 Å². The minimum Gasteiger partial charge on any atom is -0.382 e. The highest BCUT2D eigenvalue weighted by molar-refractivity contribution is 5.80. The van der Waals surface area contributed by atoms with Gasteiger partial charge in [0.15, 0.2) is 5.96 Å². The number of rotatable bonds is 8. The predicted octanol–water partition coefficient (Wildman–Crippen LogP) is 0.613. The standard InChI is InChI=1S/C12H25N3O2/c1-10-9-11(10)15-12(13-2)14-5-4-6-17-8-7-16-3/h10-11H,4-9H2,1-3H3,(H2,13,14,15). The van der Waals surface area contributed by atoms with E-state index in [0.717, 1.165) is 31.4 Å². The van der Waals surface area contributed by atoms with Gasteiger partial charge in [-0.15, -0.1) is 0 Å². The monoisotopic (exact) mass is 243 g/mol. The van der Waals surface area contributed by atoms with Gasteiger partial charge in [0.05, 0.1) is 13.2 Å². The number of hydrogen-bond acceptors (Lipinski definition) is 3. The Morgan fingerprint density at radius 2 is 2.12 bits per heavy atom. The Labute approximate surface area is 104 Å². The maximum atomic E-state index is 5.37. The largest absolute Gasteiger partial charge is 0.382 e. The summed E-state index contributed by atoms with van der Waals surface area (Å²) in [5.74, 6) is 1.68. The molecule has 0 spiro atoms. The second-order valence-electron chi connectivity index (χ2n) is 4.42. The Morgan fingerprint density at radius 1 is 1.35 bits per heavy atom. The van der Waals surface area contributed by atoms with E-state index in [0.29, 0.717) is 19.3 Å². The van der Waals surface area contributed by atoms with Crippen molar-refractivity contribution in [1.82, 2.24) is 10.6 Å². The fraction of sp³-hybridized carbons (Fsp3) is 0.917. The lowest BCUT2D eigenvalue weighted by Gasteiger charge is -2.11. The van der Waals surface area contributed by atoms with Crippen LogP contribution in [0, 0.1) is 5.92 Å². The predicted molar refractivity (Wildman–Crippen MR) is 69.4 cm³/mol. The highest BCUT2D eigenvalue weighted by Gasteiger charge is 2.32. The maximum absolute atomic E-state index is 5.37. The summed E-state index contributed by atoms with van der Waals surface area (Å²) in [4.78, 5) is 4.18. The van der Waals surface area contributed by atoms with Crippen LogP contribution in [0.3, 0.4) is 0 Å². The number of guanidine groups is 1. The molecular formula is C12H25N3O2. The molecule has 0 amide bonds. The van der Waals surface area contributed by atoms with Crippen LogP contribution in [0.15, 0.2) is 4.99 Å². The first-order valence-electron chi connectivity index (χ1n) is 6.31. The van der Waals surface area contributed by atoms with Crippen LogP contribution in [0.1, 0.15) is 19.8 Å². The zero-order valence-electron chi connectivity index (χ0n) is 11.2. The minimum absolute atomic E-state index is 0.610. The van der Waals surface area contributed by atoms with Gasteiger partial charge in [-0.25, -0.2) is 0 Å². The van der Waals surface area contributed by atoms with Crippen molar-refractivity contribution in [2.24, 2.45) is 10.9 Å². The van der Waals surface area contributed by atoms with Crippen molar-refractivity contribution in [3.63, 3.8) is 0 Å². The smallest absolute Gasteiger partial charge is 0.191 e. The molecular weight excluding hydrogens is 218 g/mol. The number of hydrogen-bond donors (Lipinski definition) is 2. The molecule has 0 saturated heterocycles. The van der Waals surface area contributed by atoms with Crippen LogP contribution in [-0.2, 0) is 9.47 Å². The van der Waals surface area contributed by atoms with Crippen LogP contribution in [0.5, 0.6) is 0 Å². The quantitative estimate of drug-likeness (QED) is 0.373. The van der Waals surface area contributed by atoms with Gasteiger partial charge in [0.1, 0.15) is 0 Å². The van der Waals surface area contributed by atoms with E-state index in [9.17, 15) is 0 Å². The molecule has 1 fully saturated rings. The van der Waals surface area contributed by atoms with E-state index in [-0.39, 0.29) is 0 Å². The third-order valence-electron chi connectivity index (χ3n) is 2.84. The summed E-state index contributed by atoms with van der Waals surface area (Å²) in [6.45, 7) is 5.22. The van der Waals surface area contributed by atoms with Crippen molar-refractivity contribution in [3.8, 4) is 0 Å². The third kappa shape index (κ3) is 6.48. The van der Waals surface area contributed by atoms with Crippen molar-refractivity contribution in [1.29, 1.82) is 0 Å². The van der Waals surface area contributed by atoms with Crippen molar-refractivity contribution >= 4 is 5.96 Å². The molecule has 17 heavy (non-hydrogen) atoms. The summed E-state index contributed by atoms with van der Waals surface area (Å²) in [6, 6.07) is 0.610. The zero-order chi connectivity index (χ0) is 12.5. The summed E-state index contributed by atoms with van der Waals surface area (Å²) in [5.41, 5.74) is 0. The lowest BCUT2D eigenvalue weighted by Crippen LogP contribution is -2.39. The van der Waals surface area contributed by atoms with E-state index in [2.05, 4.69) is 22.5 Å². The normalized spacial score (nSPS) is 23.6. The molecule has 1 aliphatic rings. The highest BCUT2D eigenvalue weighted by atomic mass is 16.5. The van der Waals surface area contributed by atoms with Crippen LogP contribution in [-0.4, -0.2) is 52.5 Å². The first-order chi connectivity index (χ1) is 8.27. The van der Waals surface area contributed by atoms with Crippen molar-refractivity contribution in [3.05, 3.63) is 0 Å². The van der Waals surface area contributed by atoms with Crippen LogP contribution >= 0.6 is 0 Å². The van der Waals surface area contributed by atoms with Gasteiger partial charge in [-0.2, -0.15) is 0 Å². The molecule has 0 aromatic rings. The molecule has 1 aliphatic carbocycles. The first kappa shape index (κ1) is 14.3. The Morgan fingerprint density at radius 3 is 2.71 bits per heavy atom. The topological polar surface area (TPSA) is 54.9 Å². The molecule has 0 aromatic heterocycles. The summed E-state index contributed by atoms with van der Waals surface area (Å²) in [5, 5.41) is 6.66. The maximum Gasteiger partial charge on any atom is 0.191 e. The number of ether oxygens (including phenoxy) is 2. The molecule has 0 aliphatic heterocycles. The van der Waals surface area contributed by atoms with E-state index < -0.39 is 0 Å². The van der Waals surface area contributed by atoms with Gasteiger partial charge < -0.3 is 20.1 Å². The highest BCUT2D eigenvalue weighted by Crippen LogP contribution is 2.28. The van der Waals surface area contributed by atoms with Crippen LogP contribution in [0.2, 0.25) is 0 Å². The summed E-state index contributed by atoms with van der Waals surface area (Å²) >= 11 is 0. The average molecular weight is 243 g/mol. The molecule has 0 bridgehead atoms. The molecule has 0 radical (unpaired) electrons. The Kier molecular flexibility index (Phi) is 6.96. The minimum atomic E-state index is 0.610. The fourth-order valence-corrected chi connectivity index (χ4v) is 1.52. The van der Waals surface area contributed by atoms with Crippen molar-refractivity contribution in [2.45, 2.75) is 25.8 Å². The average Bonchev–Trinajstić information content (AvgIpc) is 3.02. The van der Waals surface area contributed by atoms with E-state index in [4.69, 9.17) is 9.47 Å². The molecule has 2 N–H and O–H groups in total. The summed E-state index contributed by atoms with van der Waals surface area (Å²) in [7, 11) is 3.48. The van der Waals surface area contributed by atoms with Crippen LogP contribution in [0.25, 0.3) is 0 Å². The Balaban J connectivity index is 1.93. The molecule has 0 heterocycles. The van der Waals surface area contributed by atoms with Crippen molar-refractivity contribution in [2.75, 3.05) is 40.5 Å². The molecule has 100 valence electrons. The van der Waals surface area contributed by atoms with Gasteiger partial charge in [0.25, 0.3) is 0 Å². The molecule has 5 heteroatoms. The SMILES string of the molecule is CN=C(NCCCOCCOC)NC1CC1C. The lowest BCUT2D eigenvalue weighted by atomic mass is 10.4. The Hall–Kier alpha value is -0.810. The molecule has 5 nitrogen and oxygen atoms in total. The molecule has 1 rings (SSSR count). The second kappa shape index (κ2) is 8.31. The number of nitrogens with one attached hydrogen (secondary N) is 2. The van der Waals surface area contributed by atoms with Gasteiger partial charge in [0.2, 0.25) is 0 Å². The summed E-state index contributed by atoms with van der Waals surface area (Å²) < 4.78 is 10.3. The fourth-order valence-electron chi connectivity index (χ4n) is 1.52. The zero-order valence-corrected chi connectivity index (χ0v) is 11.2. The number of methoxy groups -OCH3 is 1. The summed E-state index contributed by atoms with van der Waals surface area (Å²) in [6.07, 6.45) is 2.23. The van der Waals surface area contributed by atoms with Gasteiger partial charge >= 0.3 is 0 Å².